The molecule has 0 fully saturated rings. The summed E-state index contributed by atoms with van der Waals surface area (Å²) in [5.74, 6) is 0.660. The van der Waals surface area contributed by atoms with Crippen molar-refractivity contribution in [3.05, 3.63) is 18.5 Å². The highest BCUT2D eigenvalue weighted by Crippen LogP contribution is 2.01. The molecular weight excluding hydrogens is 176 g/mol. The Balaban J connectivity index is 0.000000791. The second-order valence-electron chi connectivity index (χ2n) is 2.38. The smallest absolute Gasteiger partial charge is 0.225 e. The van der Waals surface area contributed by atoms with Crippen LogP contribution in [0.3, 0.4) is 0 Å². The van der Waals surface area contributed by atoms with Crippen LogP contribution in [0.2, 0.25) is 0 Å². The summed E-state index contributed by atoms with van der Waals surface area (Å²) in [6, 6.07) is 3.84. The minimum Gasteiger partial charge on any atom is -0.343 e. The largest absolute Gasteiger partial charge is 0.343 e. The highest BCUT2D eigenvalue weighted by atomic mass is 15.2. The van der Waals surface area contributed by atoms with Crippen molar-refractivity contribution in [3.8, 4) is 6.07 Å². The lowest BCUT2D eigenvalue weighted by molar-refractivity contribution is 0.858. The van der Waals surface area contributed by atoms with Crippen LogP contribution in [-0.4, -0.2) is 23.6 Å². The average molecular weight is 192 g/mol. The standard InChI is InChI=1S/C8H10N4.C2H6/c1-12(7-2-4-9)8-10-5-3-6-11-8;1-2/h3,5-6H,2,7H2,1H3;1-2H3. The Morgan fingerprint density at radius 2 is 1.93 bits per heavy atom. The number of aromatic nitrogens is 2. The van der Waals surface area contributed by atoms with E-state index >= 15 is 0 Å². The van der Waals surface area contributed by atoms with Gasteiger partial charge in [0.2, 0.25) is 5.95 Å². The molecule has 0 saturated heterocycles. The topological polar surface area (TPSA) is 52.8 Å². The minimum atomic E-state index is 0.495. The molecule has 1 aromatic heterocycles. The Hall–Kier alpha value is -1.63. The van der Waals surface area contributed by atoms with Gasteiger partial charge in [-0.15, -0.1) is 0 Å². The van der Waals surface area contributed by atoms with Gasteiger partial charge in [0.15, 0.2) is 0 Å². The zero-order chi connectivity index (χ0) is 10.8. The van der Waals surface area contributed by atoms with Gasteiger partial charge in [-0.25, -0.2) is 9.97 Å². The van der Waals surface area contributed by atoms with Crippen molar-refractivity contribution in [2.24, 2.45) is 0 Å². The van der Waals surface area contributed by atoms with Gasteiger partial charge in [0, 0.05) is 26.0 Å². The summed E-state index contributed by atoms with van der Waals surface area (Å²) >= 11 is 0. The van der Waals surface area contributed by atoms with Gasteiger partial charge in [-0.2, -0.15) is 5.26 Å². The molecule has 4 nitrogen and oxygen atoms in total. The van der Waals surface area contributed by atoms with Crippen LogP contribution in [-0.2, 0) is 0 Å². The molecule has 0 unspecified atom stereocenters. The van der Waals surface area contributed by atoms with Gasteiger partial charge in [0.1, 0.15) is 0 Å². The van der Waals surface area contributed by atoms with E-state index in [4.69, 9.17) is 5.26 Å². The van der Waals surface area contributed by atoms with Crippen LogP contribution in [0.5, 0.6) is 0 Å². The van der Waals surface area contributed by atoms with E-state index in [0.717, 1.165) is 0 Å². The highest BCUT2D eigenvalue weighted by molar-refractivity contribution is 5.26. The Labute approximate surface area is 85.2 Å². The van der Waals surface area contributed by atoms with Gasteiger partial charge in [-0.05, 0) is 6.07 Å². The van der Waals surface area contributed by atoms with E-state index < -0.39 is 0 Å². The van der Waals surface area contributed by atoms with E-state index in [1.165, 1.54) is 0 Å². The van der Waals surface area contributed by atoms with Crippen LogP contribution in [0.15, 0.2) is 18.5 Å². The van der Waals surface area contributed by atoms with Crippen molar-refractivity contribution < 1.29 is 0 Å². The second-order valence-corrected chi connectivity index (χ2v) is 2.38. The lowest BCUT2D eigenvalue weighted by Gasteiger charge is -2.13. The first-order valence-corrected chi connectivity index (χ1v) is 4.69. The summed E-state index contributed by atoms with van der Waals surface area (Å²) in [6.45, 7) is 4.67. The number of nitrogens with zero attached hydrogens (tertiary/aromatic N) is 4. The first-order valence-electron chi connectivity index (χ1n) is 4.69. The van der Waals surface area contributed by atoms with E-state index in [0.29, 0.717) is 18.9 Å². The first kappa shape index (κ1) is 12.4. The van der Waals surface area contributed by atoms with Crippen LogP contribution in [0.1, 0.15) is 20.3 Å². The number of anilines is 1. The number of rotatable bonds is 3. The summed E-state index contributed by atoms with van der Waals surface area (Å²) in [7, 11) is 1.87. The van der Waals surface area contributed by atoms with Crippen molar-refractivity contribution in [3.63, 3.8) is 0 Å². The molecule has 4 heteroatoms. The second kappa shape index (κ2) is 7.99. The fraction of sp³-hybridized carbons (Fsp3) is 0.500. The number of hydrogen-bond acceptors (Lipinski definition) is 4. The fourth-order valence-corrected chi connectivity index (χ4v) is 0.806. The number of hydrogen-bond donors (Lipinski definition) is 0. The van der Waals surface area contributed by atoms with Crippen LogP contribution < -0.4 is 4.90 Å². The molecule has 1 heterocycles. The third kappa shape index (κ3) is 4.41. The molecule has 76 valence electrons. The van der Waals surface area contributed by atoms with Crippen LogP contribution >= 0.6 is 0 Å². The van der Waals surface area contributed by atoms with Gasteiger partial charge in [0.25, 0.3) is 0 Å². The Morgan fingerprint density at radius 3 is 2.43 bits per heavy atom. The van der Waals surface area contributed by atoms with E-state index in [1.54, 1.807) is 18.5 Å². The van der Waals surface area contributed by atoms with Crippen molar-refractivity contribution in [2.75, 3.05) is 18.5 Å². The van der Waals surface area contributed by atoms with Gasteiger partial charge >= 0.3 is 0 Å². The quantitative estimate of drug-likeness (QED) is 0.733. The highest BCUT2D eigenvalue weighted by Gasteiger charge is 2.00. The molecule has 0 N–H and O–H groups in total. The molecule has 0 aliphatic heterocycles. The summed E-state index contributed by atoms with van der Waals surface area (Å²) in [5, 5.41) is 8.34. The molecule has 1 aromatic rings. The summed E-state index contributed by atoms with van der Waals surface area (Å²) < 4.78 is 0. The van der Waals surface area contributed by atoms with E-state index in [9.17, 15) is 0 Å². The molecule has 14 heavy (non-hydrogen) atoms. The predicted molar refractivity (Wildman–Crippen MR) is 56.9 cm³/mol. The van der Waals surface area contributed by atoms with Crippen LogP contribution in [0, 0.1) is 11.3 Å². The summed E-state index contributed by atoms with van der Waals surface area (Å²) in [5.41, 5.74) is 0. The average Bonchev–Trinajstić information content (AvgIpc) is 2.30. The zero-order valence-electron chi connectivity index (χ0n) is 8.94. The van der Waals surface area contributed by atoms with E-state index in [2.05, 4.69) is 16.0 Å². The Morgan fingerprint density at radius 1 is 1.36 bits per heavy atom. The minimum absolute atomic E-state index is 0.495. The molecule has 0 aromatic carbocycles. The molecular formula is C10H16N4. The molecule has 0 aliphatic rings. The maximum atomic E-state index is 8.34. The molecule has 0 atom stereocenters. The molecule has 0 aliphatic carbocycles. The fourth-order valence-electron chi connectivity index (χ4n) is 0.806. The van der Waals surface area contributed by atoms with Crippen LogP contribution in [0.4, 0.5) is 5.95 Å². The summed E-state index contributed by atoms with van der Waals surface area (Å²) in [6.07, 6.45) is 3.87. The Bertz CT molecular complexity index is 265. The Kier molecular flexibility index (Phi) is 7.06. The van der Waals surface area contributed by atoms with Crippen molar-refractivity contribution in [2.45, 2.75) is 20.3 Å². The zero-order valence-corrected chi connectivity index (χ0v) is 8.94. The van der Waals surface area contributed by atoms with Crippen molar-refractivity contribution >= 4 is 5.95 Å². The predicted octanol–water partition coefficient (Wildman–Crippen LogP) is 1.85. The lowest BCUT2D eigenvalue weighted by atomic mass is 10.4. The monoisotopic (exact) mass is 192 g/mol. The molecule has 0 spiro atoms. The summed E-state index contributed by atoms with van der Waals surface area (Å²) in [4.78, 5) is 9.92. The maximum absolute atomic E-state index is 8.34. The third-order valence-electron chi connectivity index (χ3n) is 1.45. The molecule has 0 bridgehead atoms. The molecule has 0 amide bonds. The van der Waals surface area contributed by atoms with E-state index in [1.807, 2.05) is 25.8 Å². The number of nitriles is 1. The third-order valence-corrected chi connectivity index (χ3v) is 1.45. The van der Waals surface area contributed by atoms with Gasteiger partial charge in [-0.1, -0.05) is 13.8 Å². The molecule has 1 rings (SSSR count). The lowest BCUT2D eigenvalue weighted by Crippen LogP contribution is -2.20. The van der Waals surface area contributed by atoms with Gasteiger partial charge in [-0.3, -0.25) is 0 Å². The molecule has 0 saturated carbocycles. The van der Waals surface area contributed by atoms with E-state index in [-0.39, 0.29) is 0 Å². The normalized spacial score (nSPS) is 8.14. The van der Waals surface area contributed by atoms with Gasteiger partial charge in [0.05, 0.1) is 12.5 Å². The van der Waals surface area contributed by atoms with Gasteiger partial charge < -0.3 is 4.90 Å². The van der Waals surface area contributed by atoms with Crippen LogP contribution in [0.25, 0.3) is 0 Å². The van der Waals surface area contributed by atoms with Crippen molar-refractivity contribution in [1.29, 1.82) is 5.26 Å². The van der Waals surface area contributed by atoms with Crippen molar-refractivity contribution in [1.82, 2.24) is 9.97 Å². The first-order chi connectivity index (χ1) is 6.84. The SMILES string of the molecule is CC.CN(CCC#N)c1ncccn1. The maximum Gasteiger partial charge on any atom is 0.225 e. The molecule has 0 radical (unpaired) electrons.